The number of carbonyl (C=O) groups excluding carboxylic acids is 1. The second-order valence-corrected chi connectivity index (χ2v) is 6.94. The zero-order valence-electron chi connectivity index (χ0n) is 15.1. The Kier molecular flexibility index (Phi) is 4.75. The van der Waals surface area contributed by atoms with Gasteiger partial charge in [0.05, 0.1) is 35.6 Å². The van der Waals surface area contributed by atoms with E-state index < -0.39 is 0 Å². The molecule has 3 aromatic rings. The van der Waals surface area contributed by atoms with Gasteiger partial charge in [-0.25, -0.2) is 4.39 Å². The topological polar surface area (TPSA) is 75.0 Å². The van der Waals surface area contributed by atoms with Crippen LogP contribution in [-0.4, -0.2) is 32.7 Å². The van der Waals surface area contributed by atoms with Crippen LogP contribution in [0.15, 0.2) is 41.1 Å². The summed E-state index contributed by atoms with van der Waals surface area (Å²) in [5, 5.41) is 11.2. The van der Waals surface area contributed by atoms with E-state index in [4.69, 9.17) is 4.52 Å². The predicted octanol–water partition coefficient (Wildman–Crippen LogP) is 3.81. The van der Waals surface area contributed by atoms with Crippen LogP contribution in [0.1, 0.15) is 42.3 Å². The maximum absolute atomic E-state index is 13.4. The molecule has 1 atom stereocenters. The smallest absolute Gasteiger partial charge is 0.227 e. The van der Waals surface area contributed by atoms with Crippen molar-refractivity contribution in [1.29, 1.82) is 0 Å². The van der Waals surface area contributed by atoms with Crippen molar-refractivity contribution in [3.05, 3.63) is 59.3 Å². The van der Waals surface area contributed by atoms with Crippen molar-refractivity contribution < 1.29 is 13.7 Å². The fourth-order valence-electron chi connectivity index (χ4n) is 3.69. The molecule has 0 saturated carbocycles. The molecule has 1 aromatic carbocycles. The van der Waals surface area contributed by atoms with Crippen molar-refractivity contribution in [3.63, 3.8) is 0 Å². The van der Waals surface area contributed by atoms with Crippen molar-refractivity contribution in [1.82, 2.24) is 20.3 Å². The molecular weight excluding hydrogens is 347 g/mol. The summed E-state index contributed by atoms with van der Waals surface area (Å²) >= 11 is 0. The number of nitrogens with zero attached hydrogens (tertiary/aromatic N) is 3. The first-order valence-electron chi connectivity index (χ1n) is 9.12. The minimum Gasteiger partial charge on any atom is -0.356 e. The number of likely N-dealkylation sites (tertiary alicyclic amines) is 1. The van der Waals surface area contributed by atoms with Crippen LogP contribution in [-0.2, 0) is 11.2 Å². The Labute approximate surface area is 156 Å². The van der Waals surface area contributed by atoms with E-state index in [1.165, 1.54) is 12.1 Å². The molecule has 4 rings (SSSR count). The number of rotatable bonds is 4. The highest BCUT2D eigenvalue weighted by Gasteiger charge is 2.31. The first-order valence-corrected chi connectivity index (χ1v) is 9.12. The van der Waals surface area contributed by atoms with E-state index in [0.717, 1.165) is 36.2 Å². The average Bonchev–Trinajstić information content (AvgIpc) is 3.30. The number of carbonyl (C=O) groups is 1. The number of halogens is 1. The second-order valence-electron chi connectivity index (χ2n) is 6.94. The summed E-state index contributed by atoms with van der Waals surface area (Å²) in [7, 11) is 0. The van der Waals surface area contributed by atoms with Crippen LogP contribution in [0.5, 0.6) is 0 Å². The molecule has 6 nitrogen and oxygen atoms in total. The van der Waals surface area contributed by atoms with Gasteiger partial charge in [0, 0.05) is 12.6 Å². The molecule has 27 heavy (non-hydrogen) atoms. The fraction of sp³-hybridized carbons (Fsp3) is 0.350. The van der Waals surface area contributed by atoms with Crippen molar-refractivity contribution in [2.45, 2.75) is 38.6 Å². The molecular formula is C20H21FN4O2. The number of nitrogens with one attached hydrogen (secondary N) is 1. The SMILES string of the molecule is Cc1cc(-c2cn[nH]c2C2CCCCN2C(=O)Cc2cccc(F)c2)on1. The number of aromatic amines is 1. The maximum Gasteiger partial charge on any atom is 0.227 e. The number of H-pyrrole nitrogens is 1. The minimum atomic E-state index is -0.327. The number of piperidine rings is 1. The van der Waals surface area contributed by atoms with Gasteiger partial charge in [0.1, 0.15) is 5.82 Å². The summed E-state index contributed by atoms with van der Waals surface area (Å²) < 4.78 is 18.8. The van der Waals surface area contributed by atoms with Crippen LogP contribution in [0.25, 0.3) is 11.3 Å². The molecule has 1 N–H and O–H groups in total. The monoisotopic (exact) mass is 368 g/mol. The van der Waals surface area contributed by atoms with Gasteiger partial charge in [-0.3, -0.25) is 9.89 Å². The molecule has 2 aromatic heterocycles. The molecule has 7 heteroatoms. The lowest BCUT2D eigenvalue weighted by Crippen LogP contribution is -2.39. The normalized spacial score (nSPS) is 17.3. The highest BCUT2D eigenvalue weighted by Crippen LogP contribution is 2.36. The van der Waals surface area contributed by atoms with Crippen molar-refractivity contribution >= 4 is 5.91 Å². The first-order chi connectivity index (χ1) is 13.1. The Hall–Kier alpha value is -2.96. The number of amides is 1. The molecule has 0 spiro atoms. The summed E-state index contributed by atoms with van der Waals surface area (Å²) in [6.45, 7) is 2.54. The Morgan fingerprint density at radius 2 is 2.26 bits per heavy atom. The summed E-state index contributed by atoms with van der Waals surface area (Å²) in [6, 6.07) is 7.95. The van der Waals surface area contributed by atoms with E-state index in [1.807, 2.05) is 17.9 Å². The van der Waals surface area contributed by atoms with Crippen LogP contribution in [0.4, 0.5) is 4.39 Å². The average molecular weight is 368 g/mol. The lowest BCUT2D eigenvalue weighted by molar-refractivity contribution is -0.134. The standard InChI is InChI=1S/C20H21FN4O2/c1-13-9-18(27-24-13)16-12-22-23-20(16)17-7-2-3-8-25(17)19(26)11-14-5-4-6-15(21)10-14/h4-6,9-10,12,17H,2-3,7-8,11H2,1H3,(H,22,23). The van der Waals surface area contributed by atoms with E-state index in [2.05, 4.69) is 15.4 Å². The lowest BCUT2D eigenvalue weighted by atomic mass is 9.95. The van der Waals surface area contributed by atoms with Crippen LogP contribution in [0.2, 0.25) is 0 Å². The summed E-state index contributed by atoms with van der Waals surface area (Å²) in [5.41, 5.74) is 3.16. The first kappa shape index (κ1) is 17.5. The van der Waals surface area contributed by atoms with Gasteiger partial charge in [0.25, 0.3) is 0 Å². The summed E-state index contributed by atoms with van der Waals surface area (Å²) in [5.74, 6) is 0.297. The second kappa shape index (κ2) is 7.34. The van der Waals surface area contributed by atoms with Crippen molar-refractivity contribution in [2.75, 3.05) is 6.54 Å². The third kappa shape index (κ3) is 3.63. The molecule has 0 aliphatic carbocycles. The Morgan fingerprint density at radius 1 is 1.37 bits per heavy atom. The number of aromatic nitrogens is 3. The molecule has 0 radical (unpaired) electrons. The lowest BCUT2D eigenvalue weighted by Gasteiger charge is -2.35. The molecule has 140 valence electrons. The van der Waals surface area contributed by atoms with Crippen molar-refractivity contribution in [2.24, 2.45) is 0 Å². The van der Waals surface area contributed by atoms with Crippen molar-refractivity contribution in [3.8, 4) is 11.3 Å². The summed E-state index contributed by atoms with van der Waals surface area (Å²) in [4.78, 5) is 14.8. The molecule has 3 heterocycles. The van der Waals surface area contributed by atoms with E-state index in [9.17, 15) is 9.18 Å². The molecule has 1 fully saturated rings. The quantitative estimate of drug-likeness (QED) is 0.760. The van der Waals surface area contributed by atoms with Crippen LogP contribution >= 0.6 is 0 Å². The fourth-order valence-corrected chi connectivity index (χ4v) is 3.69. The zero-order chi connectivity index (χ0) is 18.8. The van der Waals surface area contributed by atoms with E-state index in [1.54, 1.807) is 18.3 Å². The van der Waals surface area contributed by atoms with Gasteiger partial charge in [-0.2, -0.15) is 5.10 Å². The van der Waals surface area contributed by atoms with Gasteiger partial charge in [0.2, 0.25) is 5.91 Å². The highest BCUT2D eigenvalue weighted by atomic mass is 19.1. The molecule has 1 aliphatic heterocycles. The zero-order valence-corrected chi connectivity index (χ0v) is 15.1. The van der Waals surface area contributed by atoms with Crippen LogP contribution in [0, 0.1) is 12.7 Å². The van der Waals surface area contributed by atoms with Crippen LogP contribution in [0.3, 0.4) is 0 Å². The number of hydrogen-bond acceptors (Lipinski definition) is 4. The molecule has 0 bridgehead atoms. The van der Waals surface area contributed by atoms with E-state index in [0.29, 0.717) is 17.9 Å². The molecule has 1 saturated heterocycles. The summed E-state index contributed by atoms with van der Waals surface area (Å²) in [6.07, 6.45) is 4.72. The highest BCUT2D eigenvalue weighted by molar-refractivity contribution is 5.79. The molecule has 1 aliphatic rings. The molecule has 1 amide bonds. The van der Waals surface area contributed by atoms with E-state index >= 15 is 0 Å². The number of hydrogen-bond donors (Lipinski definition) is 1. The predicted molar refractivity (Wildman–Crippen MR) is 97.2 cm³/mol. The van der Waals surface area contributed by atoms with Gasteiger partial charge in [-0.05, 0) is 43.9 Å². The largest absolute Gasteiger partial charge is 0.356 e. The third-order valence-corrected chi connectivity index (χ3v) is 4.96. The Bertz CT molecular complexity index is 949. The van der Waals surface area contributed by atoms with Gasteiger partial charge in [-0.1, -0.05) is 17.3 Å². The molecule has 1 unspecified atom stereocenters. The number of benzene rings is 1. The minimum absolute atomic E-state index is 0.0143. The number of aryl methyl sites for hydroxylation is 1. The van der Waals surface area contributed by atoms with E-state index in [-0.39, 0.29) is 24.2 Å². The third-order valence-electron chi connectivity index (χ3n) is 4.96. The Balaban J connectivity index is 1.60. The maximum atomic E-state index is 13.4. The van der Waals surface area contributed by atoms with Crippen LogP contribution < -0.4 is 0 Å². The van der Waals surface area contributed by atoms with Gasteiger partial charge in [0.15, 0.2) is 5.76 Å². The van der Waals surface area contributed by atoms with Gasteiger partial charge >= 0.3 is 0 Å². The van der Waals surface area contributed by atoms with Gasteiger partial charge < -0.3 is 9.42 Å². The Morgan fingerprint density at radius 3 is 3.04 bits per heavy atom. The van der Waals surface area contributed by atoms with Gasteiger partial charge in [-0.15, -0.1) is 0 Å².